The van der Waals surface area contributed by atoms with Gasteiger partial charge in [-0.1, -0.05) is 12.1 Å². The predicted molar refractivity (Wildman–Crippen MR) is 125 cm³/mol. The second-order valence-corrected chi connectivity index (χ2v) is 8.71. The van der Waals surface area contributed by atoms with Crippen molar-refractivity contribution in [3.05, 3.63) is 83.6 Å². The molecule has 180 valence electrons. The summed E-state index contributed by atoms with van der Waals surface area (Å²) in [6, 6.07) is 15.3. The van der Waals surface area contributed by atoms with Gasteiger partial charge in [0.25, 0.3) is 11.8 Å². The second-order valence-electron chi connectivity index (χ2n) is 8.71. The molecule has 0 atom stereocenters. The van der Waals surface area contributed by atoms with Crippen LogP contribution in [0.1, 0.15) is 29.0 Å². The Balaban J connectivity index is 1.51. The number of amides is 1. The number of furan rings is 1. The van der Waals surface area contributed by atoms with E-state index in [4.69, 9.17) is 10.2 Å². The third kappa shape index (κ3) is 4.53. The van der Waals surface area contributed by atoms with E-state index < -0.39 is 17.6 Å². The molecule has 4 nitrogen and oxygen atoms in total. The fraction of sp³-hybridized carbons (Fsp3) is 0.222. The van der Waals surface area contributed by atoms with E-state index in [1.807, 2.05) is 6.07 Å². The molecule has 0 spiro atoms. The summed E-state index contributed by atoms with van der Waals surface area (Å²) in [7, 11) is 0. The Kier molecular flexibility index (Phi) is 5.84. The number of hydrogen-bond donors (Lipinski definition) is 1. The number of hydrogen-bond acceptors (Lipinski definition) is 3. The van der Waals surface area contributed by atoms with Crippen molar-refractivity contribution in [1.29, 1.82) is 0 Å². The van der Waals surface area contributed by atoms with Gasteiger partial charge in [0.2, 0.25) is 0 Å². The topological polar surface area (TPSA) is 59.5 Å². The van der Waals surface area contributed by atoms with Crippen LogP contribution >= 0.6 is 0 Å². The highest BCUT2D eigenvalue weighted by Gasteiger charge is 2.35. The molecule has 2 N–H and O–H groups in total. The molecule has 1 fully saturated rings. The quantitative estimate of drug-likeness (QED) is 0.344. The highest BCUT2D eigenvalue weighted by atomic mass is 19.3. The molecule has 2 heterocycles. The molecule has 0 unspecified atom stereocenters. The average molecular weight is 482 g/mol. The van der Waals surface area contributed by atoms with Crippen LogP contribution in [0.3, 0.4) is 0 Å². The third-order valence-corrected chi connectivity index (χ3v) is 6.33. The Morgan fingerprint density at radius 2 is 1.63 bits per heavy atom. The lowest BCUT2D eigenvalue weighted by Gasteiger charge is -2.31. The molecule has 1 saturated heterocycles. The van der Waals surface area contributed by atoms with Crippen LogP contribution in [0.5, 0.6) is 0 Å². The lowest BCUT2D eigenvalue weighted by Crippen LogP contribution is -2.42. The maximum atomic E-state index is 14.7. The lowest BCUT2D eigenvalue weighted by molar-refractivity contribution is -0.0494. The zero-order chi connectivity index (χ0) is 24.7. The van der Waals surface area contributed by atoms with Crippen molar-refractivity contribution >= 4 is 16.9 Å². The summed E-state index contributed by atoms with van der Waals surface area (Å²) in [5.74, 6) is -3.70. The van der Waals surface area contributed by atoms with Gasteiger partial charge in [-0.15, -0.1) is 0 Å². The van der Waals surface area contributed by atoms with Gasteiger partial charge < -0.3 is 15.1 Å². The molecule has 0 aliphatic carbocycles. The molecular formula is C27H22F4N2O2. The van der Waals surface area contributed by atoms with E-state index in [1.54, 1.807) is 36.4 Å². The van der Waals surface area contributed by atoms with Crippen LogP contribution in [0.4, 0.5) is 17.6 Å². The average Bonchev–Trinajstić information content (AvgIpc) is 3.28. The highest BCUT2D eigenvalue weighted by molar-refractivity contribution is 5.98. The Morgan fingerprint density at radius 1 is 0.914 bits per heavy atom. The Hall–Kier alpha value is -3.65. The van der Waals surface area contributed by atoms with Crippen LogP contribution < -0.4 is 5.73 Å². The standard InChI is InChI=1S/C27H22F4N2O2/c28-20-5-6-24(29)22(14-20)23-13-18(11-19-12-21(15-32)35-25(19)23)16-1-3-17(4-2-16)26(34)33-9-7-27(30,31)8-10-33/h1-6,11-14H,7-10,15,32H2. The first-order valence-corrected chi connectivity index (χ1v) is 11.2. The molecule has 3 aromatic carbocycles. The maximum Gasteiger partial charge on any atom is 0.253 e. The molecule has 0 bridgehead atoms. The van der Waals surface area contributed by atoms with Crippen LogP contribution in [0, 0.1) is 11.6 Å². The Bertz CT molecular complexity index is 1400. The van der Waals surface area contributed by atoms with Gasteiger partial charge in [-0.3, -0.25) is 4.79 Å². The number of piperidine rings is 1. The number of carbonyl (C=O) groups excluding carboxylic acids is 1. The minimum Gasteiger partial charge on any atom is -0.459 e. The fourth-order valence-corrected chi connectivity index (χ4v) is 4.40. The van der Waals surface area contributed by atoms with Crippen LogP contribution in [-0.4, -0.2) is 29.8 Å². The summed E-state index contributed by atoms with van der Waals surface area (Å²) in [6.45, 7) is 0.169. The van der Waals surface area contributed by atoms with Gasteiger partial charge in [-0.2, -0.15) is 0 Å². The predicted octanol–water partition coefficient (Wildman–Crippen LogP) is 6.38. The van der Waals surface area contributed by atoms with Gasteiger partial charge >= 0.3 is 0 Å². The summed E-state index contributed by atoms with van der Waals surface area (Å²) in [6.07, 6.45) is -0.683. The second kappa shape index (κ2) is 8.85. The van der Waals surface area contributed by atoms with Gasteiger partial charge in [-0.25, -0.2) is 17.6 Å². The number of carbonyl (C=O) groups is 1. The zero-order valence-electron chi connectivity index (χ0n) is 18.7. The third-order valence-electron chi connectivity index (χ3n) is 6.33. The van der Waals surface area contributed by atoms with Crippen molar-refractivity contribution in [1.82, 2.24) is 4.90 Å². The number of benzene rings is 3. The number of likely N-dealkylation sites (tertiary alicyclic amines) is 1. The first kappa shape index (κ1) is 23.1. The fourth-order valence-electron chi connectivity index (χ4n) is 4.40. The van der Waals surface area contributed by atoms with Gasteiger partial charge in [-0.05, 0) is 59.7 Å². The lowest BCUT2D eigenvalue weighted by atomic mass is 9.95. The van der Waals surface area contributed by atoms with Gasteiger partial charge in [0.1, 0.15) is 23.0 Å². The summed E-state index contributed by atoms with van der Waals surface area (Å²) >= 11 is 0. The van der Waals surface area contributed by atoms with Crippen molar-refractivity contribution in [3.63, 3.8) is 0 Å². The van der Waals surface area contributed by atoms with E-state index in [-0.39, 0.29) is 43.9 Å². The van der Waals surface area contributed by atoms with E-state index in [2.05, 4.69) is 0 Å². The SMILES string of the molecule is NCc1cc2cc(-c3ccc(C(=O)N4CCC(F)(F)CC4)cc3)cc(-c3cc(F)ccc3F)c2o1. The molecule has 1 aliphatic heterocycles. The van der Waals surface area contributed by atoms with Crippen molar-refractivity contribution < 1.29 is 26.8 Å². The molecule has 35 heavy (non-hydrogen) atoms. The molecular weight excluding hydrogens is 460 g/mol. The monoisotopic (exact) mass is 482 g/mol. The highest BCUT2D eigenvalue weighted by Crippen LogP contribution is 2.37. The molecule has 0 saturated carbocycles. The smallest absolute Gasteiger partial charge is 0.253 e. The normalized spacial score (nSPS) is 15.5. The van der Waals surface area contributed by atoms with Crippen molar-refractivity contribution in [3.8, 4) is 22.3 Å². The molecule has 4 aromatic rings. The number of halogens is 4. The van der Waals surface area contributed by atoms with Crippen molar-refractivity contribution in [2.45, 2.75) is 25.3 Å². The van der Waals surface area contributed by atoms with Gasteiger partial charge in [0, 0.05) is 48.0 Å². The van der Waals surface area contributed by atoms with E-state index >= 15 is 0 Å². The first-order valence-electron chi connectivity index (χ1n) is 11.2. The van der Waals surface area contributed by atoms with E-state index in [0.717, 1.165) is 23.8 Å². The van der Waals surface area contributed by atoms with E-state index in [1.165, 1.54) is 4.90 Å². The van der Waals surface area contributed by atoms with Crippen LogP contribution in [0.2, 0.25) is 0 Å². The van der Waals surface area contributed by atoms with Crippen LogP contribution in [0.25, 0.3) is 33.2 Å². The van der Waals surface area contributed by atoms with Gasteiger partial charge in [0.05, 0.1) is 6.54 Å². The molecule has 1 amide bonds. The van der Waals surface area contributed by atoms with E-state index in [0.29, 0.717) is 33.4 Å². The number of rotatable bonds is 4. The number of fused-ring (bicyclic) bond motifs is 1. The summed E-state index contributed by atoms with van der Waals surface area (Å²) in [5, 5.41) is 0.677. The zero-order valence-corrected chi connectivity index (χ0v) is 18.7. The minimum atomic E-state index is -2.73. The molecule has 1 aliphatic rings. The minimum absolute atomic E-state index is 0.0107. The molecule has 1 aromatic heterocycles. The number of alkyl halides is 2. The molecule has 0 radical (unpaired) electrons. The van der Waals surface area contributed by atoms with Crippen LogP contribution in [-0.2, 0) is 6.54 Å². The molecule has 8 heteroatoms. The van der Waals surface area contributed by atoms with E-state index in [9.17, 15) is 22.4 Å². The summed E-state index contributed by atoms with van der Waals surface area (Å²) < 4.78 is 61.3. The Labute approximate surface area is 198 Å². The van der Waals surface area contributed by atoms with Crippen molar-refractivity contribution in [2.24, 2.45) is 5.73 Å². The first-order chi connectivity index (χ1) is 16.7. The molecule has 5 rings (SSSR count). The van der Waals surface area contributed by atoms with Crippen molar-refractivity contribution in [2.75, 3.05) is 13.1 Å². The largest absolute Gasteiger partial charge is 0.459 e. The summed E-state index contributed by atoms with van der Waals surface area (Å²) in [4.78, 5) is 14.2. The van der Waals surface area contributed by atoms with Gasteiger partial charge in [0.15, 0.2) is 0 Å². The summed E-state index contributed by atoms with van der Waals surface area (Å²) in [5.41, 5.74) is 8.39. The number of nitrogens with zero attached hydrogens (tertiary/aromatic N) is 1. The number of nitrogens with two attached hydrogens (primary N) is 1. The Morgan fingerprint density at radius 3 is 2.31 bits per heavy atom. The maximum absolute atomic E-state index is 14.7. The van der Waals surface area contributed by atoms with Crippen LogP contribution in [0.15, 0.2) is 65.1 Å².